The monoisotopic (exact) mass is 398 g/mol. The second kappa shape index (κ2) is 11.7. The number of rotatable bonds is 11. The van der Waals surface area contributed by atoms with Crippen LogP contribution in [0.25, 0.3) is 0 Å². The lowest BCUT2D eigenvalue weighted by Crippen LogP contribution is -2.40. The molecule has 0 aliphatic rings. The molecule has 154 valence electrons. The van der Waals surface area contributed by atoms with Gasteiger partial charge in [0.15, 0.2) is 0 Å². The van der Waals surface area contributed by atoms with E-state index in [0.717, 1.165) is 30.6 Å². The zero-order valence-electron chi connectivity index (χ0n) is 17.5. The summed E-state index contributed by atoms with van der Waals surface area (Å²) in [5.41, 5.74) is 3.50. The first kappa shape index (κ1) is 21.5. The topological polar surface area (TPSA) is 23.6 Å². The number of amides is 1. The molecule has 0 bridgehead atoms. The van der Waals surface area contributed by atoms with Crippen molar-refractivity contribution in [2.45, 2.75) is 26.1 Å². The molecule has 0 aliphatic heterocycles. The van der Waals surface area contributed by atoms with E-state index in [0.29, 0.717) is 19.6 Å². The van der Waals surface area contributed by atoms with Crippen molar-refractivity contribution in [3.05, 3.63) is 120 Å². The van der Waals surface area contributed by atoms with Crippen molar-refractivity contribution in [3.8, 4) is 0 Å². The lowest BCUT2D eigenvalue weighted by atomic mass is 10.1. The minimum Gasteiger partial charge on any atom is -0.333 e. The molecule has 3 nitrogen and oxygen atoms in total. The Balaban J connectivity index is 1.73. The molecule has 0 unspecified atom stereocenters. The van der Waals surface area contributed by atoms with Gasteiger partial charge in [-0.1, -0.05) is 97.1 Å². The van der Waals surface area contributed by atoms with Crippen LogP contribution in [-0.2, 0) is 24.4 Å². The number of hydrogen-bond donors (Lipinski definition) is 0. The SMILES string of the molecule is C=CCCN(CC(=O)N(Cc1ccccc1)Cc1ccccc1)Cc1ccccc1. The smallest absolute Gasteiger partial charge is 0.237 e. The van der Waals surface area contributed by atoms with Crippen LogP contribution in [0.4, 0.5) is 0 Å². The first-order valence-electron chi connectivity index (χ1n) is 10.5. The van der Waals surface area contributed by atoms with E-state index in [1.807, 2.05) is 65.6 Å². The largest absolute Gasteiger partial charge is 0.333 e. The minimum atomic E-state index is 0.141. The predicted octanol–water partition coefficient (Wildman–Crippen LogP) is 5.29. The molecule has 0 radical (unpaired) electrons. The van der Waals surface area contributed by atoms with E-state index in [2.05, 4.69) is 47.9 Å². The molecule has 0 fully saturated rings. The summed E-state index contributed by atoms with van der Waals surface area (Å²) >= 11 is 0. The van der Waals surface area contributed by atoms with Gasteiger partial charge in [0.05, 0.1) is 6.54 Å². The summed E-state index contributed by atoms with van der Waals surface area (Å²) in [6, 6.07) is 30.7. The fraction of sp³-hybridized carbons (Fsp3) is 0.222. The van der Waals surface area contributed by atoms with Crippen LogP contribution >= 0.6 is 0 Å². The minimum absolute atomic E-state index is 0.141. The number of hydrogen-bond acceptors (Lipinski definition) is 2. The molecule has 0 saturated carbocycles. The molecular weight excluding hydrogens is 368 g/mol. The van der Waals surface area contributed by atoms with E-state index in [9.17, 15) is 4.79 Å². The molecular formula is C27H30N2O. The molecule has 0 spiro atoms. The number of nitrogens with zero attached hydrogens (tertiary/aromatic N) is 2. The summed E-state index contributed by atoms with van der Waals surface area (Å²) in [5.74, 6) is 0.141. The average molecular weight is 399 g/mol. The van der Waals surface area contributed by atoms with Crippen LogP contribution in [-0.4, -0.2) is 28.8 Å². The normalized spacial score (nSPS) is 10.7. The first-order valence-corrected chi connectivity index (χ1v) is 10.5. The van der Waals surface area contributed by atoms with E-state index in [1.165, 1.54) is 5.56 Å². The highest BCUT2D eigenvalue weighted by Crippen LogP contribution is 2.12. The highest BCUT2D eigenvalue weighted by Gasteiger charge is 2.18. The van der Waals surface area contributed by atoms with Crippen LogP contribution in [0.3, 0.4) is 0 Å². The van der Waals surface area contributed by atoms with E-state index < -0.39 is 0 Å². The molecule has 0 aromatic heterocycles. The van der Waals surface area contributed by atoms with Crippen LogP contribution in [0.1, 0.15) is 23.1 Å². The molecule has 30 heavy (non-hydrogen) atoms. The Labute approximate surface area is 180 Å². The van der Waals surface area contributed by atoms with Gasteiger partial charge in [-0.2, -0.15) is 0 Å². The summed E-state index contributed by atoms with van der Waals surface area (Å²) in [6.07, 6.45) is 2.77. The van der Waals surface area contributed by atoms with Crippen molar-refractivity contribution in [1.29, 1.82) is 0 Å². The second-order valence-electron chi connectivity index (χ2n) is 7.49. The van der Waals surface area contributed by atoms with Crippen molar-refractivity contribution >= 4 is 5.91 Å². The third kappa shape index (κ3) is 7.02. The maximum Gasteiger partial charge on any atom is 0.237 e. The lowest BCUT2D eigenvalue weighted by molar-refractivity contribution is -0.133. The predicted molar refractivity (Wildman–Crippen MR) is 124 cm³/mol. The van der Waals surface area contributed by atoms with Crippen LogP contribution in [0.2, 0.25) is 0 Å². The molecule has 1 amide bonds. The third-order valence-electron chi connectivity index (χ3n) is 5.04. The van der Waals surface area contributed by atoms with Gasteiger partial charge >= 0.3 is 0 Å². The van der Waals surface area contributed by atoms with Gasteiger partial charge in [0.1, 0.15) is 0 Å². The van der Waals surface area contributed by atoms with Crippen LogP contribution in [0.5, 0.6) is 0 Å². The highest BCUT2D eigenvalue weighted by atomic mass is 16.2. The summed E-state index contributed by atoms with van der Waals surface area (Å²) < 4.78 is 0. The van der Waals surface area contributed by atoms with Crippen molar-refractivity contribution in [3.63, 3.8) is 0 Å². The van der Waals surface area contributed by atoms with Gasteiger partial charge in [-0.25, -0.2) is 0 Å². The van der Waals surface area contributed by atoms with Crippen molar-refractivity contribution in [1.82, 2.24) is 9.80 Å². The molecule has 3 heteroatoms. The summed E-state index contributed by atoms with van der Waals surface area (Å²) in [7, 11) is 0. The second-order valence-corrected chi connectivity index (χ2v) is 7.49. The number of benzene rings is 3. The fourth-order valence-corrected chi connectivity index (χ4v) is 3.46. The molecule has 0 atom stereocenters. The number of carbonyl (C=O) groups excluding carboxylic acids is 1. The zero-order chi connectivity index (χ0) is 21.0. The standard InChI is InChI=1S/C27H30N2O/c1-2-3-19-28(20-24-13-7-4-8-14-24)23-27(30)29(21-25-15-9-5-10-16-25)22-26-17-11-6-12-18-26/h2,4-18H,1,3,19-23H2. The summed E-state index contributed by atoms with van der Waals surface area (Å²) in [4.78, 5) is 17.5. The molecule has 3 rings (SSSR count). The van der Waals surface area contributed by atoms with Crippen molar-refractivity contribution in [2.75, 3.05) is 13.1 Å². The Hall–Kier alpha value is -3.17. The van der Waals surface area contributed by atoms with Gasteiger partial charge in [0.25, 0.3) is 0 Å². The first-order chi connectivity index (χ1) is 14.7. The van der Waals surface area contributed by atoms with Crippen molar-refractivity contribution in [2.24, 2.45) is 0 Å². The molecule has 0 aliphatic carbocycles. The quantitative estimate of drug-likeness (QED) is 0.410. The Morgan fingerprint density at radius 2 is 1.13 bits per heavy atom. The summed E-state index contributed by atoms with van der Waals surface area (Å²) in [6.45, 7) is 7.02. The van der Waals surface area contributed by atoms with Gasteiger partial charge in [-0.05, 0) is 23.1 Å². The average Bonchev–Trinajstić information content (AvgIpc) is 2.79. The Morgan fingerprint density at radius 3 is 1.57 bits per heavy atom. The third-order valence-corrected chi connectivity index (χ3v) is 5.04. The van der Waals surface area contributed by atoms with Gasteiger partial charge in [0.2, 0.25) is 5.91 Å². The van der Waals surface area contributed by atoms with Gasteiger partial charge in [-0.3, -0.25) is 9.69 Å². The number of carbonyl (C=O) groups is 1. The van der Waals surface area contributed by atoms with Crippen LogP contribution in [0, 0.1) is 0 Å². The van der Waals surface area contributed by atoms with Gasteiger partial charge in [0, 0.05) is 26.2 Å². The van der Waals surface area contributed by atoms with E-state index in [1.54, 1.807) is 0 Å². The molecule has 0 N–H and O–H groups in total. The molecule has 0 heterocycles. The Bertz CT molecular complexity index is 852. The van der Waals surface area contributed by atoms with Crippen LogP contribution in [0.15, 0.2) is 104 Å². The van der Waals surface area contributed by atoms with E-state index in [-0.39, 0.29) is 5.91 Å². The molecule has 3 aromatic carbocycles. The Kier molecular flexibility index (Phi) is 8.43. The molecule has 0 saturated heterocycles. The zero-order valence-corrected chi connectivity index (χ0v) is 17.5. The van der Waals surface area contributed by atoms with Gasteiger partial charge in [-0.15, -0.1) is 6.58 Å². The highest BCUT2D eigenvalue weighted by molar-refractivity contribution is 5.78. The van der Waals surface area contributed by atoms with Crippen LogP contribution < -0.4 is 0 Å². The lowest BCUT2D eigenvalue weighted by Gasteiger charge is -2.28. The van der Waals surface area contributed by atoms with E-state index in [4.69, 9.17) is 0 Å². The van der Waals surface area contributed by atoms with Crippen molar-refractivity contribution < 1.29 is 4.79 Å². The van der Waals surface area contributed by atoms with E-state index >= 15 is 0 Å². The fourth-order valence-electron chi connectivity index (χ4n) is 3.46. The summed E-state index contributed by atoms with van der Waals surface area (Å²) in [5, 5.41) is 0. The Morgan fingerprint density at radius 1 is 0.700 bits per heavy atom. The van der Waals surface area contributed by atoms with Gasteiger partial charge < -0.3 is 4.90 Å². The maximum absolute atomic E-state index is 13.4. The maximum atomic E-state index is 13.4. The molecule has 3 aromatic rings.